The van der Waals surface area contributed by atoms with E-state index in [1.54, 1.807) is 0 Å². The number of fused-ring (bicyclic) bond motifs is 12. The molecule has 7 aliphatic rings. The molecular formula is C96H78N2O4. The van der Waals surface area contributed by atoms with Crippen LogP contribution in [0.3, 0.4) is 0 Å². The molecule has 2 aliphatic heterocycles. The van der Waals surface area contributed by atoms with Crippen LogP contribution in [0.2, 0.25) is 0 Å². The SMILES string of the molecule is CCc1cc(C(C)C)c(N2C(=O)c3ccc4c5c(ccc(c35)C2=O)C2=CC=C3c5cc6cc(CCc7cc8cc9c(cc8cc7C)-c7ccc8c%10ccc%11c%12c(ccc(c%13ccc-9c7c8%13)c%12%10)C(=O)N(c7c(C(C)C)cc(CC)cc7C(C)C)C%11=O)c(C)cc6cc5C5=CC=C4C2C53)c(C(C)C)c1. The van der Waals surface area contributed by atoms with Gasteiger partial charge in [0.05, 0.1) is 11.4 Å². The molecule has 2 atom stereocenters. The Hall–Kier alpha value is -10.8. The lowest BCUT2D eigenvalue weighted by molar-refractivity contribution is 0.0877. The third-order valence-electron chi connectivity index (χ3n) is 24.9. The van der Waals surface area contributed by atoms with Crippen LogP contribution in [0.15, 0.2) is 170 Å². The molecule has 20 rings (SSSR count). The highest BCUT2D eigenvalue weighted by Gasteiger charge is 2.48. The summed E-state index contributed by atoms with van der Waals surface area (Å²) in [6.07, 6.45) is 13.0. The smallest absolute Gasteiger partial charge is 0.266 e. The molecule has 496 valence electrons. The molecule has 5 aliphatic carbocycles. The first-order valence-electron chi connectivity index (χ1n) is 37.2. The second-order valence-corrected chi connectivity index (χ2v) is 31.7. The largest absolute Gasteiger partial charge is 0.268 e. The van der Waals surface area contributed by atoms with E-state index in [4.69, 9.17) is 0 Å². The van der Waals surface area contributed by atoms with Crippen LogP contribution in [0.1, 0.15) is 212 Å². The van der Waals surface area contributed by atoms with E-state index in [1.165, 1.54) is 131 Å². The van der Waals surface area contributed by atoms with Crippen molar-refractivity contribution in [2.24, 2.45) is 11.8 Å². The Labute approximate surface area is 594 Å². The van der Waals surface area contributed by atoms with Crippen LogP contribution in [0.4, 0.5) is 11.4 Å². The fraction of sp³-hybridized carbons (Fsp3) is 0.229. The zero-order chi connectivity index (χ0) is 69.8. The van der Waals surface area contributed by atoms with Gasteiger partial charge in [0.15, 0.2) is 0 Å². The maximum absolute atomic E-state index is 15.1. The first-order valence-corrected chi connectivity index (χ1v) is 37.2. The monoisotopic (exact) mass is 1320 g/mol. The zero-order valence-electron chi connectivity index (χ0n) is 60.0. The Morgan fingerprint density at radius 2 is 0.578 bits per heavy atom. The Kier molecular flexibility index (Phi) is 12.8. The molecule has 0 saturated carbocycles. The van der Waals surface area contributed by atoms with Gasteiger partial charge in [0.25, 0.3) is 23.6 Å². The van der Waals surface area contributed by atoms with Gasteiger partial charge >= 0.3 is 0 Å². The Balaban J connectivity index is 0.611. The van der Waals surface area contributed by atoms with Gasteiger partial charge in [-0.05, 0) is 299 Å². The molecule has 13 aromatic rings. The zero-order valence-corrected chi connectivity index (χ0v) is 60.0. The first-order chi connectivity index (χ1) is 49.3. The molecule has 0 spiro atoms. The van der Waals surface area contributed by atoms with E-state index in [0.717, 1.165) is 114 Å². The molecular weight excluding hydrogens is 1250 g/mol. The quantitative estimate of drug-likeness (QED) is 0.0735. The molecule has 0 radical (unpaired) electrons. The molecule has 0 N–H and O–H groups in total. The van der Waals surface area contributed by atoms with Gasteiger partial charge < -0.3 is 0 Å². The third kappa shape index (κ3) is 8.01. The highest BCUT2D eigenvalue weighted by atomic mass is 16.2. The van der Waals surface area contributed by atoms with E-state index in [9.17, 15) is 0 Å². The highest BCUT2D eigenvalue weighted by molar-refractivity contribution is 6.44. The van der Waals surface area contributed by atoms with Gasteiger partial charge in [-0.2, -0.15) is 0 Å². The van der Waals surface area contributed by atoms with Crippen LogP contribution in [-0.2, 0) is 25.7 Å². The number of benzene rings is 13. The Bertz CT molecular complexity index is 6200. The van der Waals surface area contributed by atoms with Crippen LogP contribution in [0.25, 0.3) is 120 Å². The number of amides is 4. The van der Waals surface area contributed by atoms with Gasteiger partial charge in [0.2, 0.25) is 0 Å². The maximum Gasteiger partial charge on any atom is 0.266 e. The molecule has 2 unspecified atom stereocenters. The number of carbonyl (C=O) groups is 4. The van der Waals surface area contributed by atoms with Gasteiger partial charge in [-0.15, -0.1) is 0 Å². The van der Waals surface area contributed by atoms with E-state index >= 15 is 19.2 Å². The van der Waals surface area contributed by atoms with Crippen LogP contribution >= 0.6 is 0 Å². The molecule has 6 nitrogen and oxygen atoms in total. The van der Waals surface area contributed by atoms with E-state index in [2.05, 4.69) is 229 Å². The molecule has 102 heavy (non-hydrogen) atoms. The normalized spacial score (nSPS) is 16.8. The number of allylic oxidation sites excluding steroid dienone is 8. The van der Waals surface area contributed by atoms with Crippen LogP contribution in [-0.4, -0.2) is 23.6 Å². The van der Waals surface area contributed by atoms with Crippen LogP contribution in [0, 0.1) is 25.7 Å². The minimum Gasteiger partial charge on any atom is -0.268 e. The molecule has 0 aromatic heterocycles. The molecule has 0 bridgehead atoms. The summed E-state index contributed by atoms with van der Waals surface area (Å²) in [6.45, 7) is 26.1. The molecule has 6 heteroatoms. The summed E-state index contributed by atoms with van der Waals surface area (Å²) in [5.41, 5.74) is 30.8. The number of imide groups is 2. The molecule has 0 saturated heterocycles. The van der Waals surface area contributed by atoms with E-state index in [-0.39, 0.29) is 59.1 Å². The number of nitrogens with zero attached hydrogens (tertiary/aromatic N) is 2. The van der Waals surface area contributed by atoms with Crippen LogP contribution < -0.4 is 9.80 Å². The van der Waals surface area contributed by atoms with Gasteiger partial charge in [0.1, 0.15) is 0 Å². The van der Waals surface area contributed by atoms with Crippen molar-refractivity contribution in [2.75, 3.05) is 9.80 Å². The summed E-state index contributed by atoms with van der Waals surface area (Å²) < 4.78 is 0. The summed E-state index contributed by atoms with van der Waals surface area (Å²) in [5.74, 6) is -0.286. The van der Waals surface area contributed by atoms with Gasteiger partial charge in [-0.3, -0.25) is 19.2 Å². The second-order valence-electron chi connectivity index (χ2n) is 31.7. The van der Waals surface area contributed by atoms with Gasteiger partial charge in [0, 0.05) is 44.9 Å². The lowest BCUT2D eigenvalue weighted by atomic mass is 9.62. The highest BCUT2D eigenvalue weighted by Crippen LogP contribution is 2.64. The maximum atomic E-state index is 15.1. The Morgan fingerprint density at radius 3 is 0.922 bits per heavy atom. The average Bonchev–Trinajstić information content (AvgIpc) is 0.725. The summed E-state index contributed by atoms with van der Waals surface area (Å²) in [5, 5.41) is 15.4. The second kappa shape index (κ2) is 21.4. The summed E-state index contributed by atoms with van der Waals surface area (Å²) >= 11 is 0. The molecule has 13 aromatic carbocycles. The van der Waals surface area contributed by atoms with Crippen LogP contribution in [0.5, 0.6) is 0 Å². The summed E-state index contributed by atoms with van der Waals surface area (Å²) in [7, 11) is 0. The minimum atomic E-state index is -0.256. The van der Waals surface area contributed by atoms with Crippen molar-refractivity contribution in [3.05, 3.63) is 270 Å². The fourth-order valence-electron chi connectivity index (χ4n) is 19.9. The number of anilines is 2. The first kappa shape index (κ1) is 61.1. The molecule has 0 fully saturated rings. The van der Waals surface area contributed by atoms with Crippen molar-refractivity contribution in [3.8, 4) is 22.3 Å². The van der Waals surface area contributed by atoms with E-state index in [0.29, 0.717) is 22.3 Å². The number of carbonyl (C=O) groups excluding carboxylic acids is 4. The number of hydrogen-bond acceptors (Lipinski definition) is 4. The van der Waals surface area contributed by atoms with Crippen molar-refractivity contribution in [3.63, 3.8) is 0 Å². The Morgan fingerprint density at radius 1 is 0.304 bits per heavy atom. The summed E-state index contributed by atoms with van der Waals surface area (Å²) in [6, 6.07) is 54.0. The lowest BCUT2D eigenvalue weighted by Crippen LogP contribution is -2.42. The summed E-state index contributed by atoms with van der Waals surface area (Å²) in [4.78, 5) is 63.6. The van der Waals surface area contributed by atoms with Gasteiger partial charge in [-0.1, -0.05) is 191 Å². The lowest BCUT2D eigenvalue weighted by Gasteiger charge is -2.41. The standard InChI is InChI=1S/C96H78N2O4/c1-13-51-35-75(45(3)4)91(76(36-51)46(5)6)97-93(99)71-29-25-63-59-17-21-67-79-41-55-33-49(11)53(39-57(55)43-81(79)69-23-19-61(83(59)87(67)69)65-27-31-73(95(97)101)89(71)85(63)65)15-16-54-40-58-44-82-70-24-20-62-66-28-32-74-90-72(94(100)98(96(74)102)92-77(47(7)8)37-52(14-2)38-78(92)48(9)10)30-26-64(86(66)90)60-18-22-68(88(70)84(60)62)80(82)42-56(58)34-50(54)12/h17-48,83,87H,13-16H2,1-12H3. The van der Waals surface area contributed by atoms with Gasteiger partial charge in [-0.25, -0.2) is 9.80 Å². The minimum absolute atomic E-state index is 0.103. The van der Waals surface area contributed by atoms with Crippen molar-refractivity contribution in [1.82, 2.24) is 0 Å². The predicted molar refractivity (Wildman–Crippen MR) is 424 cm³/mol. The predicted octanol–water partition coefficient (Wildman–Crippen LogP) is 24.0. The van der Waals surface area contributed by atoms with E-state index < -0.39 is 0 Å². The van der Waals surface area contributed by atoms with Crippen molar-refractivity contribution in [1.29, 1.82) is 0 Å². The average molecular weight is 1320 g/mol. The number of hydrogen-bond donors (Lipinski definition) is 0. The third-order valence-corrected chi connectivity index (χ3v) is 24.9. The number of aryl methyl sites for hydroxylation is 6. The molecule has 4 amide bonds. The topological polar surface area (TPSA) is 74.8 Å². The molecule has 2 heterocycles. The fourth-order valence-corrected chi connectivity index (χ4v) is 19.9. The number of rotatable bonds is 11. The van der Waals surface area contributed by atoms with E-state index in [1.807, 2.05) is 24.3 Å². The van der Waals surface area contributed by atoms with Crippen molar-refractivity contribution >= 4 is 133 Å². The van der Waals surface area contributed by atoms with Crippen molar-refractivity contribution in [2.45, 2.75) is 132 Å². The van der Waals surface area contributed by atoms with Crippen molar-refractivity contribution < 1.29 is 19.2 Å².